The van der Waals surface area contributed by atoms with Crippen LogP contribution in [0.5, 0.6) is 0 Å². The summed E-state index contributed by atoms with van der Waals surface area (Å²) in [6.07, 6.45) is 3.77. The Morgan fingerprint density at radius 2 is 1.94 bits per heavy atom. The van der Waals surface area contributed by atoms with E-state index in [9.17, 15) is 0 Å². The Bertz CT molecular complexity index is 392. The maximum Gasteiger partial charge on any atom is 0.0641 e. The molecule has 1 aliphatic rings. The van der Waals surface area contributed by atoms with Crippen molar-refractivity contribution in [1.82, 2.24) is 10.4 Å². The van der Waals surface area contributed by atoms with E-state index in [0.717, 1.165) is 18.7 Å². The lowest BCUT2D eigenvalue weighted by atomic mass is 10.1. The summed E-state index contributed by atoms with van der Waals surface area (Å²) in [4.78, 5) is 0. The van der Waals surface area contributed by atoms with Crippen LogP contribution in [0.15, 0.2) is 18.2 Å². The van der Waals surface area contributed by atoms with Gasteiger partial charge in [0.25, 0.3) is 0 Å². The molecule has 1 heterocycles. The van der Waals surface area contributed by atoms with E-state index in [1.165, 1.54) is 19.3 Å². The second-order valence-corrected chi connectivity index (χ2v) is 5.39. The zero-order chi connectivity index (χ0) is 13.0. The lowest BCUT2D eigenvalue weighted by Gasteiger charge is -2.31. The molecule has 18 heavy (non-hydrogen) atoms. The summed E-state index contributed by atoms with van der Waals surface area (Å²) in [5.74, 6) is 0. The van der Waals surface area contributed by atoms with Gasteiger partial charge in [-0.05, 0) is 24.5 Å². The highest BCUT2D eigenvalue weighted by Gasteiger charge is 2.18. The van der Waals surface area contributed by atoms with Crippen molar-refractivity contribution in [2.45, 2.75) is 25.3 Å². The van der Waals surface area contributed by atoms with Crippen LogP contribution in [0.3, 0.4) is 0 Å². The first-order chi connectivity index (χ1) is 8.72. The average molecular weight is 288 g/mol. The fraction of sp³-hybridized carbons (Fsp3) is 0.538. The number of hydrogen-bond acceptors (Lipinski definition) is 3. The van der Waals surface area contributed by atoms with E-state index in [0.29, 0.717) is 16.6 Å². The van der Waals surface area contributed by atoms with Crippen molar-refractivity contribution in [3.05, 3.63) is 33.8 Å². The van der Waals surface area contributed by atoms with E-state index < -0.39 is 0 Å². The number of rotatable bonds is 4. The number of halogens is 2. The van der Waals surface area contributed by atoms with Crippen molar-refractivity contribution in [3.8, 4) is 0 Å². The maximum absolute atomic E-state index is 6.24. The Hall–Kier alpha value is -0.320. The zero-order valence-corrected chi connectivity index (χ0v) is 11.8. The summed E-state index contributed by atoms with van der Waals surface area (Å²) in [7, 11) is 0. The largest absolute Gasteiger partial charge is 0.329 e. The second-order valence-electron chi connectivity index (χ2n) is 4.61. The van der Waals surface area contributed by atoms with Crippen LogP contribution in [0, 0.1) is 0 Å². The van der Waals surface area contributed by atoms with Gasteiger partial charge in [-0.3, -0.25) is 0 Å². The van der Waals surface area contributed by atoms with Crippen molar-refractivity contribution in [2.24, 2.45) is 5.73 Å². The smallest absolute Gasteiger partial charge is 0.0641 e. The number of piperidine rings is 1. The Morgan fingerprint density at radius 3 is 2.61 bits per heavy atom. The van der Waals surface area contributed by atoms with Gasteiger partial charge >= 0.3 is 0 Å². The van der Waals surface area contributed by atoms with Gasteiger partial charge in [0.2, 0.25) is 0 Å². The molecule has 1 saturated heterocycles. The standard InChI is InChI=1S/C13H19Cl2N3/c14-11-6-4-5-10(13(11)15)12(9-16)17-18-7-2-1-3-8-18/h4-6,12,17H,1-3,7-9,16H2. The van der Waals surface area contributed by atoms with Gasteiger partial charge in [-0.2, -0.15) is 0 Å². The maximum atomic E-state index is 6.24. The van der Waals surface area contributed by atoms with Gasteiger partial charge in [-0.25, -0.2) is 10.4 Å². The monoisotopic (exact) mass is 287 g/mol. The van der Waals surface area contributed by atoms with Crippen molar-refractivity contribution in [2.75, 3.05) is 19.6 Å². The van der Waals surface area contributed by atoms with Crippen LogP contribution in [0.4, 0.5) is 0 Å². The summed E-state index contributed by atoms with van der Waals surface area (Å²) in [6.45, 7) is 2.62. The summed E-state index contributed by atoms with van der Waals surface area (Å²) in [5, 5.41) is 3.41. The third-order valence-corrected chi connectivity index (χ3v) is 4.12. The molecule has 0 aliphatic carbocycles. The highest BCUT2D eigenvalue weighted by molar-refractivity contribution is 6.42. The van der Waals surface area contributed by atoms with Crippen LogP contribution in [-0.4, -0.2) is 24.6 Å². The van der Waals surface area contributed by atoms with Crippen LogP contribution in [0.2, 0.25) is 10.0 Å². The van der Waals surface area contributed by atoms with E-state index in [1.54, 1.807) is 6.07 Å². The first kappa shape index (κ1) is 14.1. The van der Waals surface area contributed by atoms with Gasteiger partial charge in [0.15, 0.2) is 0 Å². The van der Waals surface area contributed by atoms with Crippen LogP contribution in [0.25, 0.3) is 0 Å². The Kier molecular flexibility index (Phi) is 5.27. The molecular formula is C13H19Cl2N3. The number of hydrazine groups is 1. The minimum atomic E-state index is 0.0225. The van der Waals surface area contributed by atoms with Crippen LogP contribution >= 0.6 is 23.2 Å². The van der Waals surface area contributed by atoms with Crippen molar-refractivity contribution >= 4 is 23.2 Å². The van der Waals surface area contributed by atoms with Gasteiger partial charge in [0, 0.05) is 19.6 Å². The van der Waals surface area contributed by atoms with Crippen molar-refractivity contribution < 1.29 is 0 Å². The predicted octanol–water partition coefficient (Wildman–Crippen LogP) is 2.98. The molecule has 1 fully saturated rings. The third-order valence-electron chi connectivity index (χ3n) is 3.29. The van der Waals surface area contributed by atoms with E-state index in [-0.39, 0.29) is 6.04 Å². The van der Waals surface area contributed by atoms with Crippen LogP contribution < -0.4 is 11.2 Å². The first-order valence-electron chi connectivity index (χ1n) is 6.37. The molecule has 1 unspecified atom stereocenters. The lowest BCUT2D eigenvalue weighted by molar-refractivity contribution is 0.130. The van der Waals surface area contributed by atoms with Crippen molar-refractivity contribution in [3.63, 3.8) is 0 Å². The minimum absolute atomic E-state index is 0.0225. The van der Waals surface area contributed by atoms with Crippen LogP contribution in [-0.2, 0) is 0 Å². The molecule has 0 radical (unpaired) electrons. The van der Waals surface area contributed by atoms with E-state index >= 15 is 0 Å². The predicted molar refractivity (Wildman–Crippen MR) is 76.8 cm³/mol. The molecule has 1 aliphatic heterocycles. The molecule has 0 bridgehead atoms. The Morgan fingerprint density at radius 1 is 1.22 bits per heavy atom. The molecule has 5 heteroatoms. The molecular weight excluding hydrogens is 269 g/mol. The number of nitrogens with zero attached hydrogens (tertiary/aromatic N) is 1. The van der Waals surface area contributed by atoms with Gasteiger partial charge in [0.05, 0.1) is 16.1 Å². The minimum Gasteiger partial charge on any atom is -0.329 e. The zero-order valence-electron chi connectivity index (χ0n) is 10.3. The summed E-state index contributed by atoms with van der Waals surface area (Å²) in [6, 6.07) is 5.70. The van der Waals surface area contributed by atoms with E-state index in [2.05, 4.69) is 10.4 Å². The molecule has 3 nitrogen and oxygen atoms in total. The Balaban J connectivity index is 2.09. The number of nitrogens with one attached hydrogen (secondary N) is 1. The average Bonchev–Trinajstić information content (AvgIpc) is 2.41. The summed E-state index contributed by atoms with van der Waals surface area (Å²) in [5.41, 5.74) is 10.3. The molecule has 1 aromatic carbocycles. The number of benzene rings is 1. The summed E-state index contributed by atoms with van der Waals surface area (Å²) >= 11 is 12.3. The molecule has 1 atom stereocenters. The van der Waals surface area contributed by atoms with Gasteiger partial charge in [-0.15, -0.1) is 0 Å². The van der Waals surface area contributed by atoms with Crippen molar-refractivity contribution in [1.29, 1.82) is 0 Å². The molecule has 100 valence electrons. The van der Waals surface area contributed by atoms with Crippen LogP contribution in [0.1, 0.15) is 30.9 Å². The molecule has 2 rings (SSSR count). The number of hydrogen-bond donors (Lipinski definition) is 2. The highest BCUT2D eigenvalue weighted by atomic mass is 35.5. The van der Waals surface area contributed by atoms with E-state index in [1.807, 2.05) is 12.1 Å². The summed E-state index contributed by atoms with van der Waals surface area (Å²) < 4.78 is 0. The fourth-order valence-electron chi connectivity index (χ4n) is 2.28. The van der Waals surface area contributed by atoms with E-state index in [4.69, 9.17) is 28.9 Å². The molecule has 3 N–H and O–H groups in total. The molecule has 0 saturated carbocycles. The normalized spacial score (nSPS) is 18.8. The lowest BCUT2D eigenvalue weighted by Crippen LogP contribution is -2.45. The molecule has 0 aromatic heterocycles. The highest BCUT2D eigenvalue weighted by Crippen LogP contribution is 2.29. The molecule has 0 spiro atoms. The number of nitrogens with two attached hydrogens (primary N) is 1. The van der Waals surface area contributed by atoms with Gasteiger partial charge in [0.1, 0.15) is 0 Å². The SMILES string of the molecule is NCC(NN1CCCCC1)c1cccc(Cl)c1Cl. The molecule has 0 amide bonds. The second kappa shape index (κ2) is 6.73. The van der Waals surface area contributed by atoms with Gasteiger partial charge < -0.3 is 5.73 Å². The quantitative estimate of drug-likeness (QED) is 0.895. The Labute approximate surface area is 118 Å². The van der Waals surface area contributed by atoms with Gasteiger partial charge in [-0.1, -0.05) is 41.8 Å². The topological polar surface area (TPSA) is 41.3 Å². The fourth-order valence-corrected chi connectivity index (χ4v) is 2.72. The first-order valence-corrected chi connectivity index (χ1v) is 7.13. The third kappa shape index (κ3) is 3.37. The molecule has 1 aromatic rings.